The molecule has 0 aliphatic rings. The molecule has 94 valence electrons. The predicted octanol–water partition coefficient (Wildman–Crippen LogP) is 0.867. The summed E-state index contributed by atoms with van der Waals surface area (Å²) in [6.07, 6.45) is 0.119. The lowest BCUT2D eigenvalue weighted by Crippen LogP contribution is -2.35. The summed E-state index contributed by atoms with van der Waals surface area (Å²) in [6.45, 7) is 2.09. The Morgan fingerprint density at radius 2 is 2.29 bits per heavy atom. The second-order valence-electron chi connectivity index (χ2n) is 3.65. The number of anilines is 1. The minimum Gasteiger partial charge on any atom is -0.506 e. The van der Waals surface area contributed by atoms with Gasteiger partial charge in [0.2, 0.25) is 0 Å². The van der Waals surface area contributed by atoms with Gasteiger partial charge in [-0.25, -0.2) is 0 Å². The van der Waals surface area contributed by atoms with Crippen molar-refractivity contribution in [2.24, 2.45) is 5.73 Å². The average molecular weight is 238 g/mol. The van der Waals surface area contributed by atoms with E-state index < -0.39 is 6.10 Å². The van der Waals surface area contributed by atoms with Crippen LogP contribution in [0.25, 0.3) is 0 Å². The first-order valence-corrected chi connectivity index (χ1v) is 5.48. The fourth-order valence-corrected chi connectivity index (χ4v) is 1.43. The Labute approximate surface area is 101 Å². The fourth-order valence-electron chi connectivity index (χ4n) is 1.43. The highest BCUT2D eigenvalue weighted by Gasteiger charge is 2.17. The van der Waals surface area contributed by atoms with Gasteiger partial charge in [-0.3, -0.25) is 4.79 Å². The van der Waals surface area contributed by atoms with Crippen LogP contribution in [0.15, 0.2) is 18.2 Å². The zero-order valence-electron chi connectivity index (χ0n) is 10.1. The maximum Gasteiger partial charge on any atom is 0.254 e. The summed E-state index contributed by atoms with van der Waals surface area (Å²) >= 11 is 0. The zero-order valence-corrected chi connectivity index (χ0v) is 10.1. The number of ether oxygens (including phenoxy) is 1. The van der Waals surface area contributed by atoms with Gasteiger partial charge >= 0.3 is 0 Å². The van der Waals surface area contributed by atoms with Gasteiger partial charge in [-0.1, -0.05) is 13.0 Å². The van der Waals surface area contributed by atoms with E-state index in [1.54, 1.807) is 12.1 Å². The number of benzene rings is 1. The van der Waals surface area contributed by atoms with Crippen LogP contribution in [0, 0.1) is 0 Å². The summed E-state index contributed by atoms with van der Waals surface area (Å²) in [5.74, 6) is -0.332. The van der Waals surface area contributed by atoms with Crippen molar-refractivity contribution in [3.63, 3.8) is 0 Å². The van der Waals surface area contributed by atoms with E-state index in [9.17, 15) is 9.90 Å². The third-order valence-corrected chi connectivity index (χ3v) is 2.52. The standard InChI is InChI=1S/C12H18N2O3/c1-3-8-4-5-10(15)9(6-8)14-12(16)11(7-13)17-2/h4-6,11,15H,3,7,13H2,1-2H3,(H,14,16). The summed E-state index contributed by atoms with van der Waals surface area (Å²) in [5, 5.41) is 12.2. The normalized spacial score (nSPS) is 12.2. The Bertz CT molecular complexity index is 389. The van der Waals surface area contributed by atoms with Crippen molar-refractivity contribution in [3.05, 3.63) is 23.8 Å². The van der Waals surface area contributed by atoms with Gasteiger partial charge in [-0.2, -0.15) is 0 Å². The Hall–Kier alpha value is -1.59. The second-order valence-corrected chi connectivity index (χ2v) is 3.65. The summed E-state index contributed by atoms with van der Waals surface area (Å²) in [6, 6.07) is 5.09. The third-order valence-electron chi connectivity index (χ3n) is 2.52. The summed E-state index contributed by atoms with van der Waals surface area (Å²) in [5.41, 5.74) is 6.79. The molecule has 1 amide bonds. The van der Waals surface area contributed by atoms with Crippen LogP contribution in [0.2, 0.25) is 0 Å². The van der Waals surface area contributed by atoms with Crippen LogP contribution in [-0.2, 0) is 16.0 Å². The molecule has 1 aromatic carbocycles. The lowest BCUT2D eigenvalue weighted by molar-refractivity contribution is -0.125. The number of hydrogen-bond acceptors (Lipinski definition) is 4. The number of nitrogens with one attached hydrogen (secondary N) is 1. The number of rotatable bonds is 5. The number of aromatic hydroxyl groups is 1. The van der Waals surface area contributed by atoms with E-state index in [0.29, 0.717) is 5.69 Å². The van der Waals surface area contributed by atoms with Gasteiger partial charge in [-0.05, 0) is 24.1 Å². The molecule has 1 rings (SSSR count). The Kier molecular flexibility index (Phi) is 4.93. The molecule has 0 spiro atoms. The third kappa shape index (κ3) is 3.44. The highest BCUT2D eigenvalue weighted by atomic mass is 16.5. The largest absolute Gasteiger partial charge is 0.506 e. The Morgan fingerprint density at radius 3 is 2.82 bits per heavy atom. The fraction of sp³-hybridized carbons (Fsp3) is 0.417. The highest BCUT2D eigenvalue weighted by Crippen LogP contribution is 2.24. The van der Waals surface area contributed by atoms with E-state index >= 15 is 0 Å². The predicted molar refractivity (Wildman–Crippen MR) is 66.0 cm³/mol. The van der Waals surface area contributed by atoms with Crippen molar-refractivity contribution in [2.75, 3.05) is 19.0 Å². The maximum atomic E-state index is 11.7. The molecular weight excluding hydrogens is 220 g/mol. The molecule has 0 aliphatic carbocycles. The van der Waals surface area contributed by atoms with E-state index in [-0.39, 0.29) is 18.2 Å². The van der Waals surface area contributed by atoms with Gasteiger partial charge in [0.1, 0.15) is 11.9 Å². The van der Waals surface area contributed by atoms with Gasteiger partial charge < -0.3 is 20.9 Å². The van der Waals surface area contributed by atoms with Crippen LogP contribution in [0.4, 0.5) is 5.69 Å². The molecule has 0 saturated carbocycles. The first kappa shape index (κ1) is 13.5. The molecule has 0 bridgehead atoms. The topological polar surface area (TPSA) is 84.6 Å². The summed E-state index contributed by atoms with van der Waals surface area (Å²) in [4.78, 5) is 11.7. The molecule has 0 aliphatic heterocycles. The number of amides is 1. The Balaban J connectivity index is 2.83. The van der Waals surface area contributed by atoms with E-state index in [1.165, 1.54) is 7.11 Å². The quantitative estimate of drug-likeness (QED) is 0.664. The molecule has 0 fully saturated rings. The first-order valence-electron chi connectivity index (χ1n) is 5.48. The first-order chi connectivity index (χ1) is 8.12. The molecule has 0 aromatic heterocycles. The van der Waals surface area contributed by atoms with Crippen LogP contribution in [0.5, 0.6) is 5.75 Å². The average Bonchev–Trinajstić information content (AvgIpc) is 2.33. The van der Waals surface area contributed by atoms with E-state index in [1.807, 2.05) is 13.0 Å². The van der Waals surface area contributed by atoms with Crippen molar-refractivity contribution < 1.29 is 14.6 Å². The molecule has 0 saturated heterocycles. The monoisotopic (exact) mass is 238 g/mol. The number of nitrogens with two attached hydrogens (primary N) is 1. The van der Waals surface area contributed by atoms with Crippen molar-refractivity contribution in [3.8, 4) is 5.75 Å². The number of hydrogen-bond donors (Lipinski definition) is 3. The number of phenolic OH excluding ortho intramolecular Hbond substituents is 1. The van der Waals surface area contributed by atoms with Crippen LogP contribution < -0.4 is 11.1 Å². The lowest BCUT2D eigenvalue weighted by Gasteiger charge is -2.14. The SMILES string of the molecule is CCc1ccc(O)c(NC(=O)C(CN)OC)c1. The highest BCUT2D eigenvalue weighted by molar-refractivity contribution is 5.95. The zero-order chi connectivity index (χ0) is 12.8. The summed E-state index contributed by atoms with van der Waals surface area (Å²) < 4.78 is 4.91. The molecule has 0 heterocycles. The second kappa shape index (κ2) is 6.22. The van der Waals surface area contributed by atoms with Gasteiger partial charge in [0.05, 0.1) is 5.69 Å². The Morgan fingerprint density at radius 1 is 1.59 bits per heavy atom. The molecule has 1 unspecified atom stereocenters. The van der Waals surface area contributed by atoms with E-state index in [0.717, 1.165) is 12.0 Å². The minimum atomic E-state index is -0.709. The van der Waals surface area contributed by atoms with Crippen LogP contribution in [0.1, 0.15) is 12.5 Å². The molecule has 1 atom stereocenters. The van der Waals surface area contributed by atoms with Gasteiger partial charge in [0.15, 0.2) is 0 Å². The number of aryl methyl sites for hydroxylation is 1. The number of carbonyl (C=O) groups excluding carboxylic acids is 1. The van der Waals surface area contributed by atoms with E-state index in [2.05, 4.69) is 5.32 Å². The number of carbonyl (C=O) groups is 1. The van der Waals surface area contributed by atoms with E-state index in [4.69, 9.17) is 10.5 Å². The molecule has 4 N–H and O–H groups in total. The molecule has 1 aromatic rings. The van der Waals surface area contributed by atoms with Gasteiger partial charge in [0.25, 0.3) is 5.91 Å². The number of phenols is 1. The van der Waals surface area contributed by atoms with Crippen LogP contribution in [0.3, 0.4) is 0 Å². The lowest BCUT2D eigenvalue weighted by atomic mass is 10.1. The molecule has 0 radical (unpaired) electrons. The van der Waals surface area contributed by atoms with Gasteiger partial charge in [0, 0.05) is 13.7 Å². The van der Waals surface area contributed by atoms with Crippen LogP contribution in [-0.4, -0.2) is 30.8 Å². The smallest absolute Gasteiger partial charge is 0.254 e. The molecular formula is C12H18N2O3. The molecule has 5 heteroatoms. The minimum absolute atomic E-state index is 0.0300. The van der Waals surface area contributed by atoms with Crippen molar-refractivity contribution in [1.29, 1.82) is 0 Å². The van der Waals surface area contributed by atoms with Crippen LogP contribution >= 0.6 is 0 Å². The summed E-state index contributed by atoms with van der Waals surface area (Å²) in [7, 11) is 1.42. The number of methoxy groups -OCH3 is 1. The molecule has 5 nitrogen and oxygen atoms in total. The maximum absolute atomic E-state index is 11.7. The van der Waals surface area contributed by atoms with Crippen molar-refractivity contribution in [1.82, 2.24) is 0 Å². The van der Waals surface area contributed by atoms with Crippen molar-refractivity contribution in [2.45, 2.75) is 19.4 Å². The van der Waals surface area contributed by atoms with Gasteiger partial charge in [-0.15, -0.1) is 0 Å². The van der Waals surface area contributed by atoms with Crippen molar-refractivity contribution >= 4 is 11.6 Å². The molecule has 17 heavy (non-hydrogen) atoms.